The fraction of sp³-hybridized carbons (Fsp3) is 0.211. The average molecular weight is 551 g/mol. The molecule has 42 heavy (non-hydrogen) atoms. The van der Waals surface area contributed by atoms with E-state index in [9.17, 15) is 0 Å². The van der Waals surface area contributed by atoms with E-state index in [4.69, 9.17) is 0 Å². The van der Waals surface area contributed by atoms with Gasteiger partial charge in [0, 0.05) is 22.7 Å². The summed E-state index contributed by atoms with van der Waals surface area (Å²) in [5, 5.41) is 0. The average Bonchev–Trinajstić information content (AvgIpc) is 3.52. The van der Waals surface area contributed by atoms with E-state index in [-0.39, 0.29) is 0 Å². The van der Waals surface area contributed by atoms with E-state index >= 15 is 0 Å². The fourth-order valence-corrected chi connectivity index (χ4v) is 7.28. The maximum atomic E-state index is 2.47. The van der Waals surface area contributed by atoms with Crippen molar-refractivity contribution in [1.82, 2.24) is 0 Å². The number of fused-ring (bicyclic) bond motifs is 2. The Hall–Kier alpha value is -4.70. The zero-order valence-corrected chi connectivity index (χ0v) is 25.4. The first-order valence-corrected chi connectivity index (χ1v) is 14.8. The van der Waals surface area contributed by atoms with E-state index in [0.29, 0.717) is 0 Å². The number of nitrogens with zero attached hydrogens (tertiary/aromatic N) is 4. The molecule has 4 heteroatoms. The molecule has 0 saturated heterocycles. The van der Waals surface area contributed by atoms with Crippen molar-refractivity contribution < 1.29 is 0 Å². The molecule has 0 amide bonds. The highest BCUT2D eigenvalue weighted by Crippen LogP contribution is 2.49. The summed E-state index contributed by atoms with van der Waals surface area (Å²) in [6, 6.07) is 35.8. The molecule has 0 aliphatic carbocycles. The van der Waals surface area contributed by atoms with Gasteiger partial charge in [0.15, 0.2) is 0 Å². The molecule has 7 rings (SSSR count). The molecule has 0 unspecified atom stereocenters. The molecule has 5 aromatic rings. The Labute approximate surface area is 250 Å². The molecule has 0 spiro atoms. The molecule has 0 atom stereocenters. The Morgan fingerprint density at radius 2 is 0.714 bits per heavy atom. The zero-order valence-electron chi connectivity index (χ0n) is 25.4. The molecule has 210 valence electrons. The number of rotatable bonds is 4. The van der Waals surface area contributed by atoms with Crippen LogP contribution in [0.2, 0.25) is 0 Å². The molecule has 2 heterocycles. The van der Waals surface area contributed by atoms with Crippen LogP contribution in [0.5, 0.6) is 0 Å². The topological polar surface area (TPSA) is 13.0 Å². The van der Waals surface area contributed by atoms with Crippen molar-refractivity contribution in [2.75, 3.05) is 32.9 Å². The van der Waals surface area contributed by atoms with Crippen LogP contribution in [-0.2, 0) is 0 Å². The van der Waals surface area contributed by atoms with Crippen molar-refractivity contribution in [3.63, 3.8) is 0 Å². The summed E-state index contributed by atoms with van der Waals surface area (Å²) in [5.41, 5.74) is 17.9. The molecular formula is C38H38N4. The molecule has 5 aromatic carbocycles. The van der Waals surface area contributed by atoms with E-state index in [0.717, 1.165) is 13.3 Å². The van der Waals surface area contributed by atoms with Gasteiger partial charge in [-0.15, -0.1) is 0 Å². The second kappa shape index (κ2) is 9.99. The maximum Gasteiger partial charge on any atom is 0.100 e. The van der Waals surface area contributed by atoms with Gasteiger partial charge < -0.3 is 19.6 Å². The van der Waals surface area contributed by atoms with E-state index in [1.165, 1.54) is 78.9 Å². The molecule has 2 aliphatic rings. The van der Waals surface area contributed by atoms with Gasteiger partial charge in [0.1, 0.15) is 13.3 Å². The predicted octanol–water partition coefficient (Wildman–Crippen LogP) is 10.0. The monoisotopic (exact) mass is 550 g/mol. The second-order valence-corrected chi connectivity index (χ2v) is 12.0. The highest BCUT2D eigenvalue weighted by Gasteiger charge is 2.32. The quantitative estimate of drug-likeness (QED) is 0.221. The molecule has 2 aliphatic heterocycles. The van der Waals surface area contributed by atoms with Crippen LogP contribution in [0.4, 0.5) is 45.5 Å². The summed E-state index contributed by atoms with van der Waals surface area (Å²) in [6.45, 7) is 14.8. The van der Waals surface area contributed by atoms with Crippen molar-refractivity contribution >= 4 is 45.5 Å². The largest absolute Gasteiger partial charge is 0.321 e. The highest BCUT2D eigenvalue weighted by molar-refractivity contribution is 5.91. The van der Waals surface area contributed by atoms with Crippen molar-refractivity contribution in [1.29, 1.82) is 0 Å². The first kappa shape index (κ1) is 26.2. The van der Waals surface area contributed by atoms with Gasteiger partial charge in [0.05, 0.1) is 22.7 Å². The SMILES string of the molecule is Cc1cc(C)c(N2CN(c3cccc(N4CN(c5c(C)cc(C)cc5C)c5ccccc54)c3)c3ccccc32)c(C)c1. The molecule has 0 N–H and O–H groups in total. The van der Waals surface area contributed by atoms with Gasteiger partial charge in [-0.3, -0.25) is 0 Å². The van der Waals surface area contributed by atoms with E-state index in [1.54, 1.807) is 0 Å². The summed E-state index contributed by atoms with van der Waals surface area (Å²) in [6.07, 6.45) is 0. The predicted molar refractivity (Wildman–Crippen MR) is 179 cm³/mol. The van der Waals surface area contributed by atoms with Crippen LogP contribution in [0.3, 0.4) is 0 Å². The van der Waals surface area contributed by atoms with E-state index in [1.807, 2.05) is 0 Å². The fourth-order valence-electron chi connectivity index (χ4n) is 7.28. The van der Waals surface area contributed by atoms with Gasteiger partial charge in [-0.25, -0.2) is 0 Å². The second-order valence-electron chi connectivity index (χ2n) is 12.0. The number of aryl methyl sites for hydroxylation is 6. The Balaban J connectivity index is 1.27. The minimum atomic E-state index is 0.776. The molecule has 0 saturated carbocycles. The number of para-hydroxylation sites is 4. The van der Waals surface area contributed by atoms with Crippen molar-refractivity contribution in [3.05, 3.63) is 130 Å². The summed E-state index contributed by atoms with van der Waals surface area (Å²) >= 11 is 0. The van der Waals surface area contributed by atoms with Crippen LogP contribution in [0, 0.1) is 41.5 Å². The Kier molecular flexibility index (Phi) is 6.23. The summed E-state index contributed by atoms with van der Waals surface area (Å²) in [4.78, 5) is 9.85. The van der Waals surface area contributed by atoms with Crippen LogP contribution in [0.15, 0.2) is 97.1 Å². The molecule has 0 fully saturated rings. The first-order valence-electron chi connectivity index (χ1n) is 14.8. The number of anilines is 8. The van der Waals surface area contributed by atoms with Crippen LogP contribution < -0.4 is 19.6 Å². The summed E-state index contributed by atoms with van der Waals surface area (Å²) < 4.78 is 0. The Morgan fingerprint density at radius 1 is 0.381 bits per heavy atom. The van der Waals surface area contributed by atoms with Crippen molar-refractivity contribution in [3.8, 4) is 0 Å². The summed E-state index contributed by atoms with van der Waals surface area (Å²) in [7, 11) is 0. The minimum absolute atomic E-state index is 0.776. The van der Waals surface area contributed by atoms with Gasteiger partial charge in [-0.1, -0.05) is 65.7 Å². The molecule has 0 radical (unpaired) electrons. The maximum absolute atomic E-state index is 2.47. The standard InChI is InChI=1S/C38H38N4/c1-25-18-27(3)37(28(4)19-25)41-23-39(33-14-7-9-16-35(33)41)31-12-11-13-32(22-31)40-24-42(36-17-10-8-15-34(36)40)38-29(5)20-26(2)21-30(38)6/h7-22H,23-24H2,1-6H3. The molecule has 0 bridgehead atoms. The van der Waals surface area contributed by atoms with Crippen LogP contribution in [0.25, 0.3) is 0 Å². The van der Waals surface area contributed by atoms with E-state index in [2.05, 4.69) is 158 Å². The van der Waals surface area contributed by atoms with Gasteiger partial charge >= 0.3 is 0 Å². The third kappa shape index (κ3) is 4.21. The molecule has 0 aromatic heterocycles. The smallest absolute Gasteiger partial charge is 0.100 e. The zero-order chi connectivity index (χ0) is 29.1. The van der Waals surface area contributed by atoms with Gasteiger partial charge in [0.25, 0.3) is 0 Å². The highest BCUT2D eigenvalue weighted by atomic mass is 15.4. The number of benzene rings is 5. The minimum Gasteiger partial charge on any atom is -0.321 e. The Morgan fingerprint density at radius 3 is 1.07 bits per heavy atom. The van der Waals surface area contributed by atoms with Crippen molar-refractivity contribution in [2.24, 2.45) is 0 Å². The van der Waals surface area contributed by atoms with Crippen LogP contribution in [-0.4, -0.2) is 13.3 Å². The third-order valence-electron chi connectivity index (χ3n) is 8.76. The number of hydrogen-bond donors (Lipinski definition) is 0. The third-order valence-corrected chi connectivity index (χ3v) is 8.76. The molecular weight excluding hydrogens is 512 g/mol. The van der Waals surface area contributed by atoms with E-state index < -0.39 is 0 Å². The van der Waals surface area contributed by atoms with Crippen LogP contribution in [0.1, 0.15) is 33.4 Å². The Bertz CT molecular complexity index is 1660. The van der Waals surface area contributed by atoms with Crippen molar-refractivity contribution in [2.45, 2.75) is 41.5 Å². The lowest BCUT2D eigenvalue weighted by atomic mass is 10.0. The first-order chi connectivity index (χ1) is 20.3. The normalized spacial score (nSPS) is 14.0. The number of hydrogen-bond acceptors (Lipinski definition) is 4. The lowest BCUT2D eigenvalue weighted by molar-refractivity contribution is 0.967. The van der Waals surface area contributed by atoms with Gasteiger partial charge in [-0.2, -0.15) is 0 Å². The summed E-state index contributed by atoms with van der Waals surface area (Å²) in [5.74, 6) is 0. The van der Waals surface area contributed by atoms with Gasteiger partial charge in [-0.05, 0) is 106 Å². The van der Waals surface area contributed by atoms with Gasteiger partial charge in [0.2, 0.25) is 0 Å². The van der Waals surface area contributed by atoms with Crippen LogP contribution >= 0.6 is 0 Å². The lowest BCUT2D eigenvalue weighted by Crippen LogP contribution is -2.26. The lowest BCUT2D eigenvalue weighted by Gasteiger charge is -2.27. The molecule has 4 nitrogen and oxygen atoms in total.